The van der Waals surface area contributed by atoms with Gasteiger partial charge in [-0.05, 0) is 28.4 Å². The zero-order chi connectivity index (χ0) is 20.4. The predicted molar refractivity (Wildman–Crippen MR) is 114 cm³/mol. The van der Waals surface area contributed by atoms with E-state index in [1.807, 2.05) is 30.3 Å². The predicted octanol–water partition coefficient (Wildman–Crippen LogP) is 2.62. The molecule has 0 saturated carbocycles. The van der Waals surface area contributed by atoms with Crippen LogP contribution in [0.1, 0.15) is 12.8 Å². The molecular weight excluding hydrogens is 460 g/mol. The number of benzene rings is 1. The third kappa shape index (κ3) is 4.20. The van der Waals surface area contributed by atoms with Crippen molar-refractivity contribution in [2.24, 2.45) is 0 Å². The first kappa shape index (κ1) is 19.7. The smallest absolute Gasteiger partial charge is 0.242 e. The zero-order valence-electron chi connectivity index (χ0n) is 15.3. The molecule has 0 bridgehead atoms. The maximum Gasteiger partial charge on any atom is 0.242 e. The molecule has 1 aromatic carbocycles. The number of rotatable bonds is 6. The molecule has 1 aliphatic heterocycles. The Balaban J connectivity index is 1.49. The molecule has 3 heterocycles. The molecule has 1 fully saturated rings. The topological polar surface area (TPSA) is 100 Å². The second-order valence-electron chi connectivity index (χ2n) is 6.61. The first-order valence-electron chi connectivity index (χ1n) is 9.13. The molecule has 1 unspecified atom stereocenters. The molecule has 8 nitrogen and oxygen atoms in total. The summed E-state index contributed by atoms with van der Waals surface area (Å²) in [5, 5.41) is 13.7. The minimum absolute atomic E-state index is 0.0844. The van der Waals surface area contributed by atoms with Crippen molar-refractivity contribution < 1.29 is 9.59 Å². The van der Waals surface area contributed by atoms with Crippen molar-refractivity contribution in [3.8, 4) is 11.3 Å². The number of nitrogens with one attached hydrogen (secondary N) is 3. The highest BCUT2D eigenvalue weighted by Crippen LogP contribution is 2.30. The van der Waals surface area contributed by atoms with Gasteiger partial charge in [-0.1, -0.05) is 29.8 Å². The Morgan fingerprint density at radius 1 is 1.34 bits per heavy atom. The monoisotopic (exact) mass is 476 g/mol. The van der Waals surface area contributed by atoms with Crippen molar-refractivity contribution in [3.63, 3.8) is 0 Å². The van der Waals surface area contributed by atoms with Crippen LogP contribution in [0.5, 0.6) is 0 Å². The van der Waals surface area contributed by atoms with Gasteiger partial charge in [0.05, 0.1) is 16.4 Å². The van der Waals surface area contributed by atoms with Crippen molar-refractivity contribution in [1.82, 2.24) is 25.2 Å². The standard InChI is InChI=1S/C19H18BrClN6O2/c20-12-10-24-27-16(22-7-8-23-19(29)14-5-6-17(28)25-14)9-15(26-18(12)27)11-3-1-2-4-13(11)21/h1-4,9-10,14,22H,5-8H2,(H,23,29)(H,25,28). The molecule has 0 spiro atoms. The number of halogens is 2. The van der Waals surface area contributed by atoms with E-state index in [1.54, 1.807) is 10.7 Å². The number of nitrogens with zero attached hydrogens (tertiary/aromatic N) is 3. The Morgan fingerprint density at radius 2 is 2.17 bits per heavy atom. The number of fused-ring (bicyclic) bond motifs is 1. The van der Waals surface area contributed by atoms with Crippen LogP contribution in [0.2, 0.25) is 5.02 Å². The van der Waals surface area contributed by atoms with Crippen molar-refractivity contribution >= 4 is 50.8 Å². The average Bonchev–Trinajstić information content (AvgIpc) is 3.31. The van der Waals surface area contributed by atoms with E-state index in [-0.39, 0.29) is 11.8 Å². The summed E-state index contributed by atoms with van der Waals surface area (Å²) in [6.45, 7) is 0.879. The fourth-order valence-corrected chi connectivity index (χ4v) is 3.76. The van der Waals surface area contributed by atoms with Gasteiger partial charge >= 0.3 is 0 Å². The number of amides is 2. The summed E-state index contributed by atoms with van der Waals surface area (Å²) in [5.74, 6) is 0.467. The quantitative estimate of drug-likeness (QED) is 0.474. The third-order valence-electron chi connectivity index (χ3n) is 4.62. The maximum absolute atomic E-state index is 12.1. The molecule has 150 valence electrons. The Labute approximate surface area is 180 Å². The van der Waals surface area contributed by atoms with Gasteiger partial charge in [0.2, 0.25) is 11.8 Å². The SMILES string of the molecule is O=C1CCC(C(=O)NCCNc2cc(-c3ccccc3Cl)nc3c(Br)cnn23)N1. The molecule has 0 aliphatic carbocycles. The highest BCUT2D eigenvalue weighted by atomic mass is 79.9. The second kappa shape index (κ2) is 8.38. The van der Waals surface area contributed by atoms with Crippen LogP contribution in [0.25, 0.3) is 16.9 Å². The van der Waals surface area contributed by atoms with E-state index in [0.717, 1.165) is 15.9 Å². The van der Waals surface area contributed by atoms with Gasteiger partial charge in [0, 0.05) is 36.2 Å². The van der Waals surface area contributed by atoms with E-state index in [0.29, 0.717) is 42.3 Å². The Hall–Kier alpha value is -2.65. The first-order chi connectivity index (χ1) is 14.0. The number of hydrogen-bond donors (Lipinski definition) is 3. The van der Waals surface area contributed by atoms with Gasteiger partial charge in [0.1, 0.15) is 11.9 Å². The molecule has 1 atom stereocenters. The molecule has 1 saturated heterocycles. The third-order valence-corrected chi connectivity index (χ3v) is 5.51. The van der Waals surface area contributed by atoms with Crippen molar-refractivity contribution in [1.29, 1.82) is 0 Å². The maximum atomic E-state index is 12.1. The Morgan fingerprint density at radius 3 is 2.93 bits per heavy atom. The van der Waals surface area contributed by atoms with Gasteiger partial charge in [-0.2, -0.15) is 9.61 Å². The highest BCUT2D eigenvalue weighted by Gasteiger charge is 2.26. The van der Waals surface area contributed by atoms with E-state index in [9.17, 15) is 9.59 Å². The lowest BCUT2D eigenvalue weighted by Gasteiger charge is -2.13. The Bertz CT molecular complexity index is 1090. The summed E-state index contributed by atoms with van der Waals surface area (Å²) in [7, 11) is 0. The summed E-state index contributed by atoms with van der Waals surface area (Å²) in [5.41, 5.74) is 2.19. The van der Waals surface area contributed by atoms with E-state index in [2.05, 4.69) is 42.0 Å². The lowest BCUT2D eigenvalue weighted by Crippen LogP contribution is -2.43. The summed E-state index contributed by atoms with van der Waals surface area (Å²) in [6, 6.07) is 8.93. The molecule has 0 radical (unpaired) electrons. The second-order valence-corrected chi connectivity index (χ2v) is 7.87. The van der Waals surface area contributed by atoms with Crippen LogP contribution in [-0.2, 0) is 9.59 Å². The van der Waals surface area contributed by atoms with Crippen LogP contribution in [0, 0.1) is 0 Å². The van der Waals surface area contributed by atoms with Crippen molar-refractivity contribution in [3.05, 3.63) is 46.0 Å². The number of carbonyl (C=O) groups excluding carboxylic acids is 2. The molecule has 3 aromatic rings. The Kier molecular flexibility index (Phi) is 5.68. The average molecular weight is 478 g/mol. The largest absolute Gasteiger partial charge is 0.368 e. The van der Waals surface area contributed by atoms with Crippen LogP contribution in [0.3, 0.4) is 0 Å². The van der Waals surface area contributed by atoms with Crippen molar-refractivity contribution in [2.45, 2.75) is 18.9 Å². The molecule has 4 rings (SSSR count). The van der Waals surface area contributed by atoms with Gasteiger partial charge < -0.3 is 16.0 Å². The summed E-state index contributed by atoms with van der Waals surface area (Å²) in [6.07, 6.45) is 2.60. The van der Waals surface area contributed by atoms with E-state index in [4.69, 9.17) is 11.6 Å². The fraction of sp³-hybridized carbons (Fsp3) is 0.263. The van der Waals surface area contributed by atoms with Crippen LogP contribution in [0.15, 0.2) is 41.0 Å². The number of aromatic nitrogens is 3. The molecule has 2 amide bonds. The normalized spacial score (nSPS) is 16.1. The number of hydrogen-bond acceptors (Lipinski definition) is 5. The van der Waals surface area contributed by atoms with Crippen LogP contribution < -0.4 is 16.0 Å². The molecule has 10 heteroatoms. The van der Waals surface area contributed by atoms with Gasteiger partial charge in [-0.15, -0.1) is 0 Å². The molecular formula is C19H18BrClN6O2. The fourth-order valence-electron chi connectivity index (χ4n) is 3.18. The van der Waals surface area contributed by atoms with Gasteiger partial charge in [-0.3, -0.25) is 9.59 Å². The number of anilines is 1. The van der Waals surface area contributed by atoms with Gasteiger partial charge in [0.15, 0.2) is 5.65 Å². The minimum Gasteiger partial charge on any atom is -0.368 e. The lowest BCUT2D eigenvalue weighted by atomic mass is 10.1. The first-order valence-corrected chi connectivity index (χ1v) is 10.3. The molecule has 3 N–H and O–H groups in total. The molecule has 1 aliphatic rings. The highest BCUT2D eigenvalue weighted by molar-refractivity contribution is 9.10. The van der Waals surface area contributed by atoms with Gasteiger partial charge in [0.25, 0.3) is 0 Å². The molecule has 2 aromatic heterocycles. The van der Waals surface area contributed by atoms with E-state index in [1.165, 1.54) is 0 Å². The molecule has 29 heavy (non-hydrogen) atoms. The zero-order valence-corrected chi connectivity index (χ0v) is 17.6. The van der Waals surface area contributed by atoms with E-state index < -0.39 is 6.04 Å². The number of carbonyl (C=O) groups is 2. The van der Waals surface area contributed by atoms with Crippen molar-refractivity contribution in [2.75, 3.05) is 18.4 Å². The van der Waals surface area contributed by atoms with Gasteiger partial charge in [-0.25, -0.2) is 4.98 Å². The van der Waals surface area contributed by atoms with E-state index >= 15 is 0 Å². The lowest BCUT2D eigenvalue weighted by molar-refractivity contribution is -0.125. The summed E-state index contributed by atoms with van der Waals surface area (Å²) < 4.78 is 2.45. The summed E-state index contributed by atoms with van der Waals surface area (Å²) >= 11 is 9.81. The minimum atomic E-state index is -0.441. The summed E-state index contributed by atoms with van der Waals surface area (Å²) in [4.78, 5) is 28.0. The van der Waals surface area contributed by atoms with Crippen LogP contribution in [0.4, 0.5) is 5.82 Å². The van der Waals surface area contributed by atoms with Crippen LogP contribution >= 0.6 is 27.5 Å². The van der Waals surface area contributed by atoms with Crippen LogP contribution in [-0.4, -0.2) is 45.5 Å².